The molecule has 103 heavy (non-hydrogen) atoms. The molecule has 9 fully saturated rings. The van der Waals surface area contributed by atoms with Crippen LogP contribution in [0.1, 0.15) is 132 Å². The van der Waals surface area contributed by atoms with Crippen LogP contribution in [0, 0.1) is 71.0 Å². The summed E-state index contributed by atoms with van der Waals surface area (Å²) < 4.78 is 6.41. The predicted octanol–water partition coefficient (Wildman–Crippen LogP) is 11.4. The highest BCUT2D eigenvalue weighted by molar-refractivity contribution is 6.27. The first-order valence-electron chi connectivity index (χ1n) is 37.0. The minimum Gasteiger partial charge on any atom is -0.491 e. The van der Waals surface area contributed by atoms with Gasteiger partial charge in [0.1, 0.15) is 5.75 Å². The first-order chi connectivity index (χ1) is 49.8. The van der Waals surface area contributed by atoms with Crippen molar-refractivity contribution >= 4 is 105 Å². The number of hydrogen-bond acceptors (Lipinski definition) is 14. The topological polar surface area (TPSA) is 246 Å². The van der Waals surface area contributed by atoms with Crippen molar-refractivity contribution in [2.24, 2.45) is 71.0 Å². The molecule has 20 heteroatoms. The number of nitrogens with one attached hydrogen (secondary N) is 1. The molecular weight excluding hydrogens is 1300 g/mol. The lowest BCUT2D eigenvalue weighted by Gasteiger charge is -2.36. The van der Waals surface area contributed by atoms with E-state index in [4.69, 9.17) is 4.74 Å². The number of amides is 12. The summed E-state index contributed by atoms with van der Waals surface area (Å²) in [5.74, 6) is -17.0. The van der Waals surface area contributed by atoms with Crippen LogP contribution >= 0.6 is 0 Å². The second-order valence-corrected chi connectivity index (χ2v) is 29.9. The SMILES string of the molecule is CCCCCCOc1cc(N2C(=O)CC3C4CC(C(=O)N(C)C4=O)C3C2=O)ccc1N1C(=O)C2CC(C1=O)C1C(=O)N(c3ccc(N4C(=O)C5CC(C4=O)C4C(=O)N(c6ccc(Cc7ccc(NC)cc7)cc6)C(=O)CC54)c(CCCCc4ccc(-c5ccc(CCCC)cc5)cc4)c3)C(=O)CC21. The predicted molar refractivity (Wildman–Crippen MR) is 385 cm³/mol. The average Bonchev–Trinajstić information content (AvgIpc) is 1.58. The fourth-order valence-corrected chi connectivity index (χ4v) is 18.7. The minimum absolute atomic E-state index is 0.00726. The van der Waals surface area contributed by atoms with Gasteiger partial charge in [-0.2, -0.15) is 0 Å². The quantitative estimate of drug-likeness (QED) is 0.0463. The second kappa shape index (κ2) is 27.8. The van der Waals surface area contributed by atoms with Gasteiger partial charge >= 0.3 is 0 Å². The lowest BCUT2D eigenvalue weighted by atomic mass is 9.80. The molecule has 6 aliphatic heterocycles. The summed E-state index contributed by atoms with van der Waals surface area (Å²) in [4.78, 5) is 182. The van der Waals surface area contributed by atoms with Crippen molar-refractivity contribution in [3.05, 3.63) is 161 Å². The summed E-state index contributed by atoms with van der Waals surface area (Å²) in [5.41, 5.74) is 9.12. The molecular formula is C83H85N7O13. The van der Waals surface area contributed by atoms with Gasteiger partial charge in [-0.05, 0) is 182 Å². The Labute approximate surface area is 598 Å². The molecule has 1 N–H and O–H groups in total. The van der Waals surface area contributed by atoms with E-state index in [1.165, 1.54) is 41.8 Å². The van der Waals surface area contributed by atoms with Crippen LogP contribution in [0.3, 0.4) is 0 Å². The number of likely N-dealkylation sites (tertiary alicyclic amines) is 1. The zero-order valence-corrected chi connectivity index (χ0v) is 58.6. The third-order valence-corrected chi connectivity index (χ3v) is 24.0. The number of carbonyl (C=O) groups is 12. The van der Waals surface area contributed by atoms with Crippen molar-refractivity contribution in [3.8, 4) is 16.9 Å². The Bertz CT molecular complexity index is 4490. The third kappa shape index (κ3) is 12.0. The van der Waals surface area contributed by atoms with Crippen LogP contribution in [0.2, 0.25) is 0 Å². The normalized spacial score (nSPS) is 26.4. The number of anilines is 6. The summed E-state index contributed by atoms with van der Waals surface area (Å²) in [5, 5.41) is 3.12. The first kappa shape index (κ1) is 68.5. The Morgan fingerprint density at radius 2 is 0.786 bits per heavy atom. The van der Waals surface area contributed by atoms with Crippen molar-refractivity contribution in [1.82, 2.24) is 4.90 Å². The van der Waals surface area contributed by atoms with Gasteiger partial charge in [-0.1, -0.05) is 112 Å². The van der Waals surface area contributed by atoms with E-state index < -0.39 is 142 Å². The number of piperidine rings is 6. The number of aryl methyl sites for hydroxylation is 3. The number of unbranched alkanes of at least 4 members (excludes halogenated alkanes) is 5. The van der Waals surface area contributed by atoms with Crippen LogP contribution in [0.4, 0.5) is 34.1 Å². The molecule has 9 aliphatic rings. The number of nitrogens with zero attached hydrogens (tertiary/aromatic N) is 6. The molecule has 6 heterocycles. The second-order valence-electron chi connectivity index (χ2n) is 29.9. The molecule has 3 saturated carbocycles. The number of hydrogen-bond donors (Lipinski definition) is 1. The number of fused-ring (bicyclic) bond motifs is 15. The van der Waals surface area contributed by atoms with Crippen molar-refractivity contribution < 1.29 is 62.3 Å². The Morgan fingerprint density at radius 3 is 1.30 bits per heavy atom. The first-order valence-corrected chi connectivity index (χ1v) is 37.0. The van der Waals surface area contributed by atoms with E-state index in [1.807, 2.05) is 43.4 Å². The highest BCUT2D eigenvalue weighted by Crippen LogP contribution is 2.57. The molecule has 12 atom stereocenters. The van der Waals surface area contributed by atoms with Gasteiger partial charge in [0.05, 0.1) is 70.6 Å². The molecule has 6 saturated heterocycles. The summed E-state index contributed by atoms with van der Waals surface area (Å²) in [6, 6.07) is 41.5. The fourth-order valence-electron chi connectivity index (χ4n) is 18.7. The van der Waals surface area contributed by atoms with Crippen molar-refractivity contribution in [1.29, 1.82) is 0 Å². The molecule has 6 aromatic rings. The molecule has 12 unspecified atom stereocenters. The van der Waals surface area contributed by atoms with Crippen molar-refractivity contribution in [3.63, 3.8) is 0 Å². The van der Waals surface area contributed by atoms with Crippen LogP contribution in [0.5, 0.6) is 5.75 Å². The van der Waals surface area contributed by atoms with Gasteiger partial charge < -0.3 is 10.1 Å². The molecule has 530 valence electrons. The molecule has 0 spiro atoms. The van der Waals surface area contributed by atoms with Gasteiger partial charge in [0.2, 0.25) is 70.9 Å². The molecule has 0 radical (unpaired) electrons. The van der Waals surface area contributed by atoms with Crippen LogP contribution in [-0.2, 0) is 83.2 Å². The Balaban J connectivity index is 0.701. The lowest BCUT2D eigenvalue weighted by molar-refractivity contribution is -0.152. The lowest BCUT2D eigenvalue weighted by Crippen LogP contribution is -2.51. The van der Waals surface area contributed by atoms with Gasteiger partial charge in [-0.25, -0.2) is 9.80 Å². The van der Waals surface area contributed by atoms with E-state index in [0.717, 1.165) is 96.5 Å². The standard InChI is InChI=1S/C83H85N7O13/c1-5-7-9-12-36-103-68-39-56(88-71(93)43-57-60-40-63(72(57)82(88)101)76(95)85(4)75(60)94)33-35-67(68)90-78(97)62-42-65(80(90)99)74-59(62)45-70(92)87(83(74)102)55-32-34-66(52(38-55)15-11-10-14-47-18-26-51(27-19-47)50-24-16-46(17-25-50)13-8-6-2)89-77(96)61-41-64(79(89)98)73-58(61)44-69(91)86(81(73)100)54-30-22-49(23-31-54)37-48-20-28-53(84-3)29-21-48/h16-35,38-39,57-65,72-74,84H,5-15,36-37,40-45H2,1-4H3. The van der Waals surface area contributed by atoms with Crippen LogP contribution < -0.4 is 34.6 Å². The molecule has 12 amide bonds. The maximum atomic E-state index is 15.5. The minimum atomic E-state index is -1.11. The average molecular weight is 1390 g/mol. The summed E-state index contributed by atoms with van der Waals surface area (Å²) in [6.07, 6.45) is 9.20. The summed E-state index contributed by atoms with van der Waals surface area (Å²) in [7, 11) is 3.25. The van der Waals surface area contributed by atoms with E-state index in [-0.39, 0.29) is 73.6 Å². The zero-order chi connectivity index (χ0) is 71.8. The van der Waals surface area contributed by atoms with E-state index in [9.17, 15) is 33.6 Å². The van der Waals surface area contributed by atoms with Crippen LogP contribution in [-0.4, -0.2) is 96.5 Å². The van der Waals surface area contributed by atoms with Crippen LogP contribution in [0.25, 0.3) is 11.1 Å². The molecule has 0 aromatic heterocycles. The van der Waals surface area contributed by atoms with Gasteiger partial charge in [0.25, 0.3) is 0 Å². The largest absolute Gasteiger partial charge is 0.491 e. The maximum absolute atomic E-state index is 15.5. The number of ether oxygens (including phenoxy) is 1. The molecule has 20 nitrogen and oxygen atoms in total. The molecule has 6 bridgehead atoms. The Kier molecular flexibility index (Phi) is 18.5. The monoisotopic (exact) mass is 1390 g/mol. The van der Waals surface area contributed by atoms with Gasteiger partial charge in [-0.3, -0.25) is 77.1 Å². The Morgan fingerprint density at radius 1 is 0.379 bits per heavy atom. The molecule has 3 aliphatic carbocycles. The van der Waals surface area contributed by atoms with E-state index in [2.05, 4.69) is 67.7 Å². The van der Waals surface area contributed by atoms with E-state index in [1.54, 1.807) is 24.3 Å². The highest BCUT2D eigenvalue weighted by Gasteiger charge is 2.66. The smallest absolute Gasteiger partial charge is 0.237 e. The highest BCUT2D eigenvalue weighted by atomic mass is 16.5. The number of imide groups is 6. The van der Waals surface area contributed by atoms with Gasteiger partial charge in [0, 0.05) is 62.9 Å². The van der Waals surface area contributed by atoms with Crippen molar-refractivity contribution in [2.45, 2.75) is 129 Å². The summed E-state index contributed by atoms with van der Waals surface area (Å²) >= 11 is 0. The van der Waals surface area contributed by atoms with Crippen LogP contribution in [0.15, 0.2) is 133 Å². The van der Waals surface area contributed by atoms with E-state index in [0.29, 0.717) is 49.8 Å². The zero-order valence-electron chi connectivity index (χ0n) is 58.6. The maximum Gasteiger partial charge on any atom is 0.237 e. The van der Waals surface area contributed by atoms with Gasteiger partial charge in [-0.15, -0.1) is 0 Å². The van der Waals surface area contributed by atoms with Gasteiger partial charge in [0.15, 0.2) is 0 Å². The Hall–Kier alpha value is -10.2. The van der Waals surface area contributed by atoms with Crippen molar-refractivity contribution in [2.75, 3.05) is 50.5 Å². The molecule has 15 rings (SSSR count). The van der Waals surface area contributed by atoms with E-state index >= 15 is 24.0 Å². The number of rotatable bonds is 23. The number of carbonyl (C=O) groups excluding carboxylic acids is 12. The fraction of sp³-hybridized carbons (Fsp3) is 0.422. The third-order valence-electron chi connectivity index (χ3n) is 24.0. The summed E-state index contributed by atoms with van der Waals surface area (Å²) in [6.45, 7) is 4.40. The molecule has 6 aromatic carbocycles. The number of benzene rings is 6.